The van der Waals surface area contributed by atoms with E-state index in [1.54, 1.807) is 11.9 Å². The van der Waals surface area contributed by atoms with E-state index in [4.69, 9.17) is 5.73 Å². The van der Waals surface area contributed by atoms with Crippen LogP contribution in [-0.4, -0.2) is 42.9 Å². The minimum atomic E-state index is -0.344. The van der Waals surface area contributed by atoms with Crippen LogP contribution in [0, 0.1) is 5.92 Å². The van der Waals surface area contributed by atoms with Gasteiger partial charge in [0, 0.05) is 26.1 Å². The monoisotopic (exact) mass is 213 g/mol. The molecular weight excluding hydrogens is 194 g/mol. The highest BCUT2D eigenvalue weighted by Crippen LogP contribution is 2.10. The SMILES string of the molecule is CCC(CN)C(=O)NC1CCN(C)C1=O. The maximum Gasteiger partial charge on any atom is 0.244 e. The standard InChI is InChI=1S/C10H19N3O2/c1-3-7(6-11)9(14)12-8-4-5-13(2)10(8)15/h7-8H,3-6,11H2,1-2H3,(H,12,14). The molecule has 5 nitrogen and oxygen atoms in total. The van der Waals surface area contributed by atoms with Crippen LogP contribution in [-0.2, 0) is 9.59 Å². The fourth-order valence-electron chi connectivity index (χ4n) is 1.71. The zero-order chi connectivity index (χ0) is 11.4. The van der Waals surface area contributed by atoms with Gasteiger partial charge >= 0.3 is 0 Å². The van der Waals surface area contributed by atoms with E-state index in [9.17, 15) is 9.59 Å². The third kappa shape index (κ3) is 2.68. The molecule has 2 unspecified atom stereocenters. The molecule has 1 aliphatic rings. The van der Waals surface area contributed by atoms with E-state index in [0.29, 0.717) is 25.9 Å². The van der Waals surface area contributed by atoms with Gasteiger partial charge in [-0.1, -0.05) is 6.92 Å². The Balaban J connectivity index is 2.48. The molecule has 1 rings (SSSR count). The summed E-state index contributed by atoms with van der Waals surface area (Å²) in [5.41, 5.74) is 5.46. The lowest BCUT2D eigenvalue weighted by Crippen LogP contribution is -2.44. The molecule has 2 atom stereocenters. The first kappa shape index (κ1) is 12.0. The van der Waals surface area contributed by atoms with E-state index in [1.807, 2.05) is 6.92 Å². The highest BCUT2D eigenvalue weighted by atomic mass is 16.2. The van der Waals surface area contributed by atoms with Crippen molar-refractivity contribution in [1.29, 1.82) is 0 Å². The molecular formula is C10H19N3O2. The van der Waals surface area contributed by atoms with Gasteiger partial charge in [0.15, 0.2) is 0 Å². The van der Waals surface area contributed by atoms with Crippen molar-refractivity contribution in [2.24, 2.45) is 11.7 Å². The maximum absolute atomic E-state index is 11.7. The number of amides is 2. The zero-order valence-electron chi connectivity index (χ0n) is 9.32. The van der Waals surface area contributed by atoms with Crippen LogP contribution in [0.15, 0.2) is 0 Å². The van der Waals surface area contributed by atoms with Gasteiger partial charge in [-0.3, -0.25) is 9.59 Å². The molecule has 1 aliphatic heterocycles. The average Bonchev–Trinajstić information content (AvgIpc) is 2.52. The van der Waals surface area contributed by atoms with E-state index in [0.717, 1.165) is 0 Å². The summed E-state index contributed by atoms with van der Waals surface area (Å²) in [5.74, 6) is -0.285. The Labute approximate surface area is 90.0 Å². The van der Waals surface area contributed by atoms with Crippen molar-refractivity contribution in [2.45, 2.75) is 25.8 Å². The van der Waals surface area contributed by atoms with Crippen LogP contribution in [0.3, 0.4) is 0 Å². The summed E-state index contributed by atoms with van der Waals surface area (Å²) in [7, 11) is 1.74. The van der Waals surface area contributed by atoms with Crippen molar-refractivity contribution in [1.82, 2.24) is 10.2 Å². The second-order valence-electron chi connectivity index (χ2n) is 3.95. The second-order valence-corrected chi connectivity index (χ2v) is 3.95. The van der Waals surface area contributed by atoms with Crippen LogP contribution in [0.2, 0.25) is 0 Å². The predicted octanol–water partition coefficient (Wildman–Crippen LogP) is -0.682. The van der Waals surface area contributed by atoms with Crippen molar-refractivity contribution in [2.75, 3.05) is 20.1 Å². The molecule has 0 bridgehead atoms. The summed E-state index contributed by atoms with van der Waals surface area (Å²) >= 11 is 0. The van der Waals surface area contributed by atoms with Gasteiger partial charge in [-0.05, 0) is 12.8 Å². The van der Waals surface area contributed by atoms with Gasteiger partial charge in [0.05, 0.1) is 0 Å². The Morgan fingerprint density at radius 2 is 2.40 bits per heavy atom. The number of nitrogens with zero attached hydrogens (tertiary/aromatic N) is 1. The fraction of sp³-hybridized carbons (Fsp3) is 0.800. The highest BCUT2D eigenvalue weighted by Gasteiger charge is 2.31. The van der Waals surface area contributed by atoms with E-state index >= 15 is 0 Å². The molecule has 0 aromatic heterocycles. The van der Waals surface area contributed by atoms with Gasteiger partial charge < -0.3 is 16.0 Å². The van der Waals surface area contributed by atoms with E-state index in [-0.39, 0.29) is 23.8 Å². The number of nitrogens with one attached hydrogen (secondary N) is 1. The van der Waals surface area contributed by atoms with E-state index < -0.39 is 0 Å². The van der Waals surface area contributed by atoms with Crippen molar-refractivity contribution in [3.05, 3.63) is 0 Å². The lowest BCUT2D eigenvalue weighted by atomic mass is 10.1. The molecule has 0 spiro atoms. The first-order chi connectivity index (χ1) is 7.10. The fourth-order valence-corrected chi connectivity index (χ4v) is 1.71. The molecule has 0 aromatic carbocycles. The van der Waals surface area contributed by atoms with Crippen molar-refractivity contribution in [3.63, 3.8) is 0 Å². The minimum Gasteiger partial charge on any atom is -0.344 e. The van der Waals surface area contributed by atoms with Gasteiger partial charge in [-0.2, -0.15) is 0 Å². The van der Waals surface area contributed by atoms with Crippen LogP contribution in [0.25, 0.3) is 0 Å². The average molecular weight is 213 g/mol. The number of likely N-dealkylation sites (N-methyl/N-ethyl adjacent to an activating group) is 1. The molecule has 5 heteroatoms. The van der Waals surface area contributed by atoms with Crippen molar-refractivity contribution >= 4 is 11.8 Å². The first-order valence-corrected chi connectivity index (χ1v) is 5.35. The summed E-state index contributed by atoms with van der Waals surface area (Å²) in [4.78, 5) is 24.8. The third-order valence-corrected chi connectivity index (χ3v) is 2.89. The van der Waals surface area contributed by atoms with E-state index in [1.165, 1.54) is 0 Å². The first-order valence-electron chi connectivity index (χ1n) is 5.35. The molecule has 0 saturated carbocycles. The molecule has 1 heterocycles. The number of hydrogen-bond acceptors (Lipinski definition) is 3. The highest BCUT2D eigenvalue weighted by molar-refractivity contribution is 5.89. The number of rotatable bonds is 4. The quantitative estimate of drug-likeness (QED) is 0.649. The molecule has 15 heavy (non-hydrogen) atoms. The summed E-state index contributed by atoms with van der Waals surface area (Å²) in [6.45, 7) is 2.96. The van der Waals surface area contributed by atoms with Crippen LogP contribution in [0.4, 0.5) is 0 Å². The number of carbonyl (C=O) groups excluding carboxylic acids is 2. The van der Waals surface area contributed by atoms with Gasteiger partial charge in [-0.25, -0.2) is 0 Å². The molecule has 1 fully saturated rings. The Hall–Kier alpha value is -1.10. The van der Waals surface area contributed by atoms with E-state index in [2.05, 4.69) is 5.32 Å². The lowest BCUT2D eigenvalue weighted by molar-refractivity contribution is -0.133. The van der Waals surface area contributed by atoms with Crippen LogP contribution >= 0.6 is 0 Å². The number of likely N-dealkylation sites (tertiary alicyclic amines) is 1. The Morgan fingerprint density at radius 1 is 1.73 bits per heavy atom. The molecule has 1 saturated heterocycles. The molecule has 3 N–H and O–H groups in total. The summed E-state index contributed by atoms with van der Waals surface area (Å²) in [5, 5.41) is 2.75. The summed E-state index contributed by atoms with van der Waals surface area (Å²) < 4.78 is 0. The Bertz CT molecular complexity index is 251. The van der Waals surface area contributed by atoms with Gasteiger partial charge in [0.25, 0.3) is 0 Å². The second kappa shape index (κ2) is 5.11. The van der Waals surface area contributed by atoms with Crippen LogP contribution < -0.4 is 11.1 Å². The molecule has 86 valence electrons. The number of nitrogens with two attached hydrogens (primary N) is 1. The normalized spacial score (nSPS) is 23.0. The smallest absolute Gasteiger partial charge is 0.244 e. The lowest BCUT2D eigenvalue weighted by Gasteiger charge is -2.16. The number of hydrogen-bond donors (Lipinski definition) is 2. The van der Waals surface area contributed by atoms with Crippen LogP contribution in [0.5, 0.6) is 0 Å². The molecule has 0 aliphatic carbocycles. The minimum absolute atomic E-state index is 0.00442. The summed E-state index contributed by atoms with van der Waals surface area (Å²) in [6.07, 6.45) is 1.40. The molecule has 2 amide bonds. The molecule has 0 radical (unpaired) electrons. The van der Waals surface area contributed by atoms with Crippen molar-refractivity contribution < 1.29 is 9.59 Å². The Morgan fingerprint density at radius 3 is 2.80 bits per heavy atom. The van der Waals surface area contributed by atoms with Crippen LogP contribution in [0.1, 0.15) is 19.8 Å². The molecule has 0 aromatic rings. The largest absolute Gasteiger partial charge is 0.344 e. The van der Waals surface area contributed by atoms with Gasteiger partial charge in [-0.15, -0.1) is 0 Å². The summed E-state index contributed by atoms with van der Waals surface area (Å²) in [6, 6.07) is -0.344. The van der Waals surface area contributed by atoms with Gasteiger partial charge in [0.1, 0.15) is 6.04 Å². The topological polar surface area (TPSA) is 75.4 Å². The zero-order valence-corrected chi connectivity index (χ0v) is 9.32. The van der Waals surface area contributed by atoms with Gasteiger partial charge in [0.2, 0.25) is 11.8 Å². The number of carbonyl (C=O) groups is 2. The Kier molecular flexibility index (Phi) is 4.08. The predicted molar refractivity (Wildman–Crippen MR) is 57.0 cm³/mol. The van der Waals surface area contributed by atoms with Crippen molar-refractivity contribution in [3.8, 4) is 0 Å². The third-order valence-electron chi connectivity index (χ3n) is 2.89. The maximum atomic E-state index is 11.7.